The first-order valence-corrected chi connectivity index (χ1v) is 8.39. The van der Waals surface area contributed by atoms with Gasteiger partial charge >= 0.3 is 0 Å². The summed E-state index contributed by atoms with van der Waals surface area (Å²) in [5.74, 6) is 0.663. The summed E-state index contributed by atoms with van der Waals surface area (Å²) in [6, 6.07) is 11.7. The Morgan fingerprint density at radius 3 is 2.56 bits per heavy atom. The molecule has 3 aromatic rings. The van der Waals surface area contributed by atoms with Gasteiger partial charge in [-0.2, -0.15) is 0 Å². The molecule has 2 aromatic carbocycles. The van der Waals surface area contributed by atoms with E-state index in [1.54, 1.807) is 25.2 Å². The van der Waals surface area contributed by atoms with Crippen LogP contribution in [-0.4, -0.2) is 29.9 Å². The Kier molecular flexibility index (Phi) is 4.64. The second-order valence-corrected chi connectivity index (χ2v) is 6.71. The number of pyridine rings is 1. The molecule has 0 aliphatic carbocycles. The highest BCUT2D eigenvalue weighted by atomic mass is 35.5. The van der Waals surface area contributed by atoms with Crippen LogP contribution in [0.4, 0.5) is 11.5 Å². The molecule has 3 rings (SSSR count). The predicted molar refractivity (Wildman–Crippen MR) is 104 cm³/mol. The molecule has 1 N–H and O–H groups in total. The molecule has 1 aromatic heterocycles. The van der Waals surface area contributed by atoms with Gasteiger partial charge in [0.05, 0.1) is 5.56 Å². The van der Waals surface area contributed by atoms with Gasteiger partial charge in [-0.05, 0) is 43.2 Å². The molecule has 0 bridgehead atoms. The Hall–Kier alpha value is -2.59. The fourth-order valence-corrected chi connectivity index (χ4v) is 2.97. The van der Waals surface area contributed by atoms with Crippen molar-refractivity contribution < 1.29 is 4.79 Å². The van der Waals surface area contributed by atoms with Crippen molar-refractivity contribution in [2.45, 2.75) is 13.8 Å². The predicted octanol–water partition coefficient (Wildman–Crippen LogP) is 4.95. The van der Waals surface area contributed by atoms with Gasteiger partial charge in [-0.1, -0.05) is 29.8 Å². The van der Waals surface area contributed by atoms with E-state index in [9.17, 15) is 4.79 Å². The molecule has 5 heteroatoms. The second kappa shape index (κ2) is 6.73. The van der Waals surface area contributed by atoms with Crippen molar-refractivity contribution >= 4 is 39.8 Å². The molecule has 128 valence electrons. The average Bonchev–Trinajstić information content (AvgIpc) is 2.58. The highest BCUT2D eigenvalue weighted by molar-refractivity contribution is 6.31. The lowest BCUT2D eigenvalue weighted by Gasteiger charge is -2.16. The van der Waals surface area contributed by atoms with E-state index in [0.29, 0.717) is 5.56 Å². The maximum Gasteiger partial charge on any atom is 0.255 e. The van der Waals surface area contributed by atoms with Crippen LogP contribution in [0, 0.1) is 13.8 Å². The number of hydrogen-bond acceptors (Lipinski definition) is 3. The lowest BCUT2D eigenvalue weighted by Crippen LogP contribution is -2.22. The fourth-order valence-electron chi connectivity index (χ4n) is 2.85. The summed E-state index contributed by atoms with van der Waals surface area (Å²) >= 11 is 6.10. The largest absolute Gasteiger partial charge is 0.345 e. The topological polar surface area (TPSA) is 45.2 Å². The SMILES string of the molecule is Cc1cc(Nc2ncc(C(=O)N(C)C)c3c(C)cccc23)ccc1Cl. The lowest BCUT2D eigenvalue weighted by molar-refractivity contribution is 0.0829. The van der Waals surface area contributed by atoms with Crippen LogP contribution < -0.4 is 5.32 Å². The number of carbonyl (C=O) groups excluding carboxylic acids is 1. The fraction of sp³-hybridized carbons (Fsp3) is 0.200. The number of nitrogens with one attached hydrogen (secondary N) is 1. The molecule has 0 fully saturated rings. The van der Waals surface area contributed by atoms with E-state index in [1.807, 2.05) is 50.2 Å². The monoisotopic (exact) mass is 353 g/mol. The molecule has 0 spiro atoms. The van der Waals surface area contributed by atoms with Crippen LogP contribution in [0.5, 0.6) is 0 Å². The van der Waals surface area contributed by atoms with Crippen LogP contribution in [0.1, 0.15) is 21.5 Å². The molecule has 0 atom stereocenters. The number of hydrogen-bond donors (Lipinski definition) is 1. The highest BCUT2D eigenvalue weighted by Crippen LogP contribution is 2.30. The van der Waals surface area contributed by atoms with Gasteiger partial charge in [-0.15, -0.1) is 0 Å². The van der Waals surface area contributed by atoms with E-state index in [0.717, 1.165) is 38.4 Å². The summed E-state index contributed by atoms with van der Waals surface area (Å²) in [6.07, 6.45) is 1.64. The molecule has 0 aliphatic rings. The number of aryl methyl sites for hydroxylation is 2. The number of amides is 1. The molecule has 0 unspecified atom stereocenters. The third-order valence-electron chi connectivity index (χ3n) is 4.18. The van der Waals surface area contributed by atoms with Crippen LogP contribution in [0.25, 0.3) is 10.8 Å². The van der Waals surface area contributed by atoms with Gasteiger partial charge in [0.15, 0.2) is 0 Å². The van der Waals surface area contributed by atoms with Crippen molar-refractivity contribution in [3.8, 4) is 0 Å². The summed E-state index contributed by atoms with van der Waals surface area (Å²) < 4.78 is 0. The molecule has 0 radical (unpaired) electrons. The van der Waals surface area contributed by atoms with Crippen LogP contribution in [-0.2, 0) is 0 Å². The maximum atomic E-state index is 12.5. The van der Waals surface area contributed by atoms with Gasteiger partial charge in [0.2, 0.25) is 0 Å². The summed E-state index contributed by atoms with van der Waals surface area (Å²) in [5, 5.41) is 5.91. The zero-order valence-corrected chi connectivity index (χ0v) is 15.5. The van der Waals surface area contributed by atoms with Crippen molar-refractivity contribution in [2.24, 2.45) is 0 Å². The van der Waals surface area contributed by atoms with Crippen molar-refractivity contribution in [2.75, 3.05) is 19.4 Å². The minimum Gasteiger partial charge on any atom is -0.345 e. The molecular weight excluding hydrogens is 334 g/mol. The number of fused-ring (bicyclic) bond motifs is 1. The second-order valence-electron chi connectivity index (χ2n) is 6.31. The van der Waals surface area contributed by atoms with Crippen LogP contribution in [0.15, 0.2) is 42.6 Å². The van der Waals surface area contributed by atoms with Crippen molar-refractivity contribution in [1.29, 1.82) is 0 Å². The highest BCUT2D eigenvalue weighted by Gasteiger charge is 2.17. The zero-order valence-electron chi connectivity index (χ0n) is 14.7. The quantitative estimate of drug-likeness (QED) is 0.724. The van der Waals surface area contributed by atoms with Gasteiger partial charge in [0.1, 0.15) is 5.82 Å². The molecule has 4 nitrogen and oxygen atoms in total. The van der Waals surface area contributed by atoms with Gasteiger partial charge in [-0.3, -0.25) is 4.79 Å². The molecule has 0 saturated carbocycles. The molecule has 0 saturated heterocycles. The van der Waals surface area contributed by atoms with E-state index in [-0.39, 0.29) is 5.91 Å². The minimum absolute atomic E-state index is 0.0549. The number of nitrogens with zero attached hydrogens (tertiary/aromatic N) is 2. The van der Waals surface area contributed by atoms with Crippen LogP contribution in [0.2, 0.25) is 5.02 Å². The minimum atomic E-state index is -0.0549. The van der Waals surface area contributed by atoms with Gasteiger partial charge < -0.3 is 10.2 Å². The Bertz CT molecular complexity index is 967. The molecule has 0 aliphatic heterocycles. The van der Waals surface area contributed by atoms with E-state index in [1.165, 1.54) is 0 Å². The smallest absolute Gasteiger partial charge is 0.255 e. The first-order valence-electron chi connectivity index (χ1n) is 8.01. The lowest BCUT2D eigenvalue weighted by atomic mass is 10.0. The zero-order chi connectivity index (χ0) is 18.1. The Balaban J connectivity index is 2.14. The molecular formula is C20H20ClN3O. The van der Waals surface area contributed by atoms with Gasteiger partial charge in [-0.25, -0.2) is 4.98 Å². The first kappa shape index (κ1) is 17.2. The molecule has 25 heavy (non-hydrogen) atoms. The molecule has 1 amide bonds. The Labute approximate surface area is 152 Å². The number of aromatic nitrogens is 1. The first-order chi connectivity index (χ1) is 11.9. The third-order valence-corrected chi connectivity index (χ3v) is 4.60. The van der Waals surface area contributed by atoms with E-state index in [4.69, 9.17) is 11.6 Å². The van der Waals surface area contributed by atoms with Crippen molar-refractivity contribution in [3.05, 3.63) is 64.3 Å². The van der Waals surface area contributed by atoms with E-state index < -0.39 is 0 Å². The third kappa shape index (κ3) is 3.30. The Morgan fingerprint density at radius 2 is 1.88 bits per heavy atom. The van der Waals surface area contributed by atoms with Crippen molar-refractivity contribution in [3.63, 3.8) is 0 Å². The summed E-state index contributed by atoms with van der Waals surface area (Å²) in [7, 11) is 3.49. The summed E-state index contributed by atoms with van der Waals surface area (Å²) in [6.45, 7) is 3.97. The standard InChI is InChI=1S/C20H20ClN3O/c1-12-6-5-7-15-18(12)16(20(25)24(3)4)11-22-19(15)23-14-8-9-17(21)13(2)10-14/h5-11H,1-4H3,(H,22,23). The number of benzene rings is 2. The summed E-state index contributed by atoms with van der Waals surface area (Å²) in [4.78, 5) is 18.6. The van der Waals surface area contributed by atoms with Crippen molar-refractivity contribution in [1.82, 2.24) is 9.88 Å². The normalized spacial score (nSPS) is 10.8. The number of anilines is 2. The van der Waals surface area contributed by atoms with E-state index in [2.05, 4.69) is 10.3 Å². The summed E-state index contributed by atoms with van der Waals surface area (Å²) in [5.41, 5.74) is 3.55. The Morgan fingerprint density at radius 1 is 1.12 bits per heavy atom. The number of halogens is 1. The van der Waals surface area contributed by atoms with Crippen LogP contribution >= 0.6 is 11.6 Å². The maximum absolute atomic E-state index is 12.5. The number of carbonyl (C=O) groups is 1. The number of rotatable bonds is 3. The van der Waals surface area contributed by atoms with Crippen LogP contribution in [0.3, 0.4) is 0 Å². The molecule has 1 heterocycles. The van der Waals surface area contributed by atoms with Gasteiger partial charge in [0.25, 0.3) is 5.91 Å². The average molecular weight is 354 g/mol. The van der Waals surface area contributed by atoms with Gasteiger partial charge in [0, 0.05) is 41.8 Å². The van der Waals surface area contributed by atoms with E-state index >= 15 is 0 Å².